The number of rotatable bonds is 4. The topological polar surface area (TPSA) is 93.9 Å². The molecule has 7 heteroatoms. The van der Waals surface area contributed by atoms with E-state index in [1.165, 1.54) is 25.3 Å². The highest BCUT2D eigenvalue weighted by Crippen LogP contribution is 2.32. The van der Waals surface area contributed by atoms with E-state index < -0.39 is 17.1 Å². The van der Waals surface area contributed by atoms with E-state index in [1.807, 2.05) is 0 Å². The largest absolute Gasteiger partial charge is 0.493 e. The van der Waals surface area contributed by atoms with Gasteiger partial charge in [0.25, 0.3) is 5.69 Å². The lowest BCUT2D eigenvalue weighted by Crippen LogP contribution is -2.30. The van der Waals surface area contributed by atoms with E-state index in [0.717, 1.165) is 0 Å². The van der Waals surface area contributed by atoms with Crippen LogP contribution in [0.15, 0.2) is 18.2 Å². The van der Waals surface area contributed by atoms with Crippen LogP contribution in [0.1, 0.15) is 0 Å². The molecule has 1 aliphatic heterocycles. The van der Waals surface area contributed by atoms with Crippen molar-refractivity contribution >= 4 is 5.69 Å². The molecule has 2 unspecified atom stereocenters. The number of β-amino-alcohol motifs (C(OH)–C–C–N with tert-alkyl or cyclic N) is 1. The van der Waals surface area contributed by atoms with Crippen LogP contribution in [0.25, 0.3) is 0 Å². The fourth-order valence-electron chi connectivity index (χ4n) is 1.80. The van der Waals surface area contributed by atoms with Crippen molar-refractivity contribution in [3.63, 3.8) is 0 Å². The van der Waals surface area contributed by atoms with E-state index in [1.54, 1.807) is 0 Å². The second kappa shape index (κ2) is 5.19. The van der Waals surface area contributed by atoms with Crippen LogP contribution >= 0.6 is 0 Å². The van der Waals surface area contributed by atoms with E-state index in [2.05, 4.69) is 5.32 Å². The van der Waals surface area contributed by atoms with Crippen molar-refractivity contribution in [3.05, 3.63) is 28.3 Å². The zero-order chi connectivity index (χ0) is 13.1. The summed E-state index contributed by atoms with van der Waals surface area (Å²) in [4.78, 5) is 10.2. The highest BCUT2D eigenvalue weighted by Gasteiger charge is 2.28. The van der Waals surface area contributed by atoms with Crippen LogP contribution in [-0.2, 0) is 0 Å². The van der Waals surface area contributed by atoms with Crippen molar-refractivity contribution in [2.45, 2.75) is 12.2 Å². The molecule has 0 spiro atoms. The Morgan fingerprint density at radius 2 is 2.22 bits per heavy atom. The van der Waals surface area contributed by atoms with Crippen molar-refractivity contribution < 1.29 is 19.5 Å². The van der Waals surface area contributed by atoms with Gasteiger partial charge < -0.3 is 19.9 Å². The van der Waals surface area contributed by atoms with Gasteiger partial charge in [0.2, 0.25) is 0 Å². The molecule has 1 saturated heterocycles. The average Bonchev–Trinajstić information content (AvgIpc) is 2.75. The zero-order valence-corrected chi connectivity index (χ0v) is 9.83. The molecule has 0 saturated carbocycles. The third-order valence-electron chi connectivity index (χ3n) is 2.76. The quantitative estimate of drug-likeness (QED) is 0.593. The van der Waals surface area contributed by atoms with Gasteiger partial charge in [-0.05, 0) is 6.07 Å². The summed E-state index contributed by atoms with van der Waals surface area (Å²) in [6.07, 6.45) is -1.06. The summed E-state index contributed by atoms with van der Waals surface area (Å²) in [7, 11) is 1.46. The standard InChI is InChI=1S/C11H14N2O5/c1-17-9-3-2-7(13(15)16)4-10(9)18-11-6-12-5-8(11)14/h2-4,8,11-12,14H,5-6H2,1H3. The van der Waals surface area contributed by atoms with Gasteiger partial charge in [0, 0.05) is 19.2 Å². The van der Waals surface area contributed by atoms with Crippen molar-refractivity contribution in [1.29, 1.82) is 0 Å². The molecule has 1 aromatic carbocycles. The Labute approximate surface area is 103 Å². The lowest BCUT2D eigenvalue weighted by Gasteiger charge is -2.17. The maximum atomic E-state index is 10.7. The second-order valence-electron chi connectivity index (χ2n) is 3.97. The third kappa shape index (κ3) is 2.52. The first-order valence-electron chi connectivity index (χ1n) is 5.49. The average molecular weight is 254 g/mol. The number of ether oxygens (including phenoxy) is 2. The van der Waals surface area contributed by atoms with Crippen LogP contribution in [0, 0.1) is 10.1 Å². The zero-order valence-electron chi connectivity index (χ0n) is 9.83. The number of nitro benzene ring substituents is 1. The molecule has 2 rings (SSSR count). The number of aliphatic hydroxyl groups is 1. The summed E-state index contributed by atoms with van der Waals surface area (Å²) in [5, 5.41) is 23.3. The SMILES string of the molecule is COc1ccc([N+](=O)[O-])cc1OC1CNCC1O. The molecular formula is C11H14N2O5. The lowest BCUT2D eigenvalue weighted by molar-refractivity contribution is -0.385. The van der Waals surface area contributed by atoms with Gasteiger partial charge in [0.05, 0.1) is 18.1 Å². The molecule has 0 bridgehead atoms. The van der Waals surface area contributed by atoms with E-state index in [9.17, 15) is 15.2 Å². The molecule has 1 heterocycles. The van der Waals surface area contributed by atoms with Crippen LogP contribution in [0.5, 0.6) is 11.5 Å². The van der Waals surface area contributed by atoms with E-state index in [0.29, 0.717) is 18.8 Å². The van der Waals surface area contributed by atoms with Gasteiger partial charge >= 0.3 is 0 Å². The van der Waals surface area contributed by atoms with Crippen molar-refractivity contribution in [1.82, 2.24) is 5.32 Å². The Balaban J connectivity index is 2.23. The minimum atomic E-state index is -0.631. The number of non-ortho nitro benzene ring substituents is 1. The Morgan fingerprint density at radius 3 is 2.78 bits per heavy atom. The smallest absolute Gasteiger partial charge is 0.273 e. The van der Waals surface area contributed by atoms with Crippen LogP contribution in [0.2, 0.25) is 0 Å². The molecule has 1 aliphatic rings. The molecule has 1 fully saturated rings. The van der Waals surface area contributed by atoms with E-state index >= 15 is 0 Å². The molecule has 0 amide bonds. The predicted octanol–water partition coefficient (Wildman–Crippen LogP) is 0.315. The number of aliphatic hydroxyl groups excluding tert-OH is 1. The van der Waals surface area contributed by atoms with E-state index in [-0.39, 0.29) is 11.4 Å². The maximum Gasteiger partial charge on any atom is 0.273 e. The van der Waals surface area contributed by atoms with Gasteiger partial charge in [0.15, 0.2) is 11.5 Å². The van der Waals surface area contributed by atoms with Crippen molar-refractivity contribution in [2.24, 2.45) is 0 Å². The number of nitro groups is 1. The van der Waals surface area contributed by atoms with Gasteiger partial charge in [-0.25, -0.2) is 0 Å². The van der Waals surface area contributed by atoms with Crippen LogP contribution in [-0.4, -0.2) is 42.4 Å². The van der Waals surface area contributed by atoms with Crippen LogP contribution < -0.4 is 14.8 Å². The van der Waals surface area contributed by atoms with Crippen LogP contribution in [0.3, 0.4) is 0 Å². The van der Waals surface area contributed by atoms with Gasteiger partial charge in [-0.2, -0.15) is 0 Å². The molecule has 0 aromatic heterocycles. The number of hydrogen-bond donors (Lipinski definition) is 2. The highest BCUT2D eigenvalue weighted by atomic mass is 16.6. The first-order valence-corrected chi connectivity index (χ1v) is 5.49. The van der Waals surface area contributed by atoms with E-state index in [4.69, 9.17) is 9.47 Å². The number of nitrogens with one attached hydrogen (secondary N) is 1. The molecule has 18 heavy (non-hydrogen) atoms. The summed E-state index contributed by atoms with van der Waals surface area (Å²) in [6.45, 7) is 0.939. The van der Waals surface area contributed by atoms with Crippen molar-refractivity contribution in [2.75, 3.05) is 20.2 Å². The minimum absolute atomic E-state index is 0.0776. The predicted molar refractivity (Wildman–Crippen MR) is 62.9 cm³/mol. The molecule has 2 N–H and O–H groups in total. The Bertz CT molecular complexity index is 451. The third-order valence-corrected chi connectivity index (χ3v) is 2.76. The summed E-state index contributed by atoms with van der Waals surface area (Å²) in [6, 6.07) is 4.11. The number of benzene rings is 1. The summed E-state index contributed by atoms with van der Waals surface area (Å²) >= 11 is 0. The molecule has 2 atom stereocenters. The highest BCUT2D eigenvalue weighted by molar-refractivity contribution is 5.48. The second-order valence-corrected chi connectivity index (χ2v) is 3.97. The monoisotopic (exact) mass is 254 g/mol. The fourth-order valence-corrected chi connectivity index (χ4v) is 1.80. The fraction of sp³-hybridized carbons (Fsp3) is 0.455. The summed E-state index contributed by atoms with van der Waals surface area (Å²) < 4.78 is 10.6. The number of nitrogens with zero attached hydrogens (tertiary/aromatic N) is 1. The maximum absolute atomic E-state index is 10.7. The van der Waals surface area contributed by atoms with Gasteiger partial charge in [-0.1, -0.05) is 0 Å². The molecule has 98 valence electrons. The number of hydrogen-bond acceptors (Lipinski definition) is 6. The molecule has 0 aliphatic carbocycles. The van der Waals surface area contributed by atoms with Gasteiger partial charge in [-0.15, -0.1) is 0 Å². The Kier molecular flexibility index (Phi) is 3.63. The summed E-state index contributed by atoms with van der Waals surface area (Å²) in [5.74, 6) is 0.666. The van der Waals surface area contributed by atoms with Gasteiger partial charge in [-0.3, -0.25) is 10.1 Å². The minimum Gasteiger partial charge on any atom is -0.493 e. The van der Waals surface area contributed by atoms with Crippen molar-refractivity contribution in [3.8, 4) is 11.5 Å². The van der Waals surface area contributed by atoms with Crippen LogP contribution in [0.4, 0.5) is 5.69 Å². The molecular weight excluding hydrogens is 240 g/mol. The Morgan fingerprint density at radius 1 is 1.44 bits per heavy atom. The number of methoxy groups -OCH3 is 1. The Hall–Kier alpha value is -1.86. The lowest BCUT2D eigenvalue weighted by atomic mass is 10.2. The van der Waals surface area contributed by atoms with Gasteiger partial charge in [0.1, 0.15) is 12.2 Å². The first-order chi connectivity index (χ1) is 8.61. The molecule has 0 radical (unpaired) electrons. The molecule has 7 nitrogen and oxygen atoms in total. The summed E-state index contributed by atoms with van der Waals surface area (Å²) in [5.41, 5.74) is -0.0776. The molecule has 1 aromatic rings. The normalized spacial score (nSPS) is 22.8. The first kappa shape index (κ1) is 12.6.